The van der Waals surface area contributed by atoms with E-state index < -0.39 is 0 Å². The van der Waals surface area contributed by atoms with E-state index in [9.17, 15) is 0 Å². The molecule has 0 aromatic rings. The van der Waals surface area contributed by atoms with Crippen LogP contribution in [-0.2, 0) is 0 Å². The minimum absolute atomic E-state index is 0.575. The van der Waals surface area contributed by atoms with Crippen LogP contribution in [0.1, 0.15) is 53.4 Å². The summed E-state index contributed by atoms with van der Waals surface area (Å²) in [5.74, 6) is 1.80. The monoisotopic (exact) mass is 204 g/mol. The first kappa shape index (κ1) is 11.0. The van der Waals surface area contributed by atoms with Gasteiger partial charge in [-0.05, 0) is 56.8 Å². The Labute approximate surface area is 94.5 Å². The second kappa shape index (κ2) is 3.81. The van der Waals surface area contributed by atoms with Crippen molar-refractivity contribution in [3.8, 4) is 0 Å². The number of fused-ring (bicyclic) bond motifs is 1. The van der Waals surface area contributed by atoms with Gasteiger partial charge in [0.15, 0.2) is 0 Å². The molecule has 84 valence electrons. The topological polar surface area (TPSA) is 0 Å². The first-order valence-electron chi connectivity index (χ1n) is 6.34. The molecule has 2 aliphatic carbocycles. The average molecular weight is 204 g/mol. The first-order valence-corrected chi connectivity index (χ1v) is 6.34. The maximum Gasteiger partial charge on any atom is -0.0143 e. The van der Waals surface area contributed by atoms with Crippen molar-refractivity contribution in [3.05, 3.63) is 23.3 Å². The Morgan fingerprint density at radius 3 is 2.60 bits per heavy atom. The first-order chi connectivity index (χ1) is 7.01. The van der Waals surface area contributed by atoms with Crippen molar-refractivity contribution in [3.63, 3.8) is 0 Å². The SMILES string of the molecule is C/C1=C\[C@@H]2[C@H](CC/C(C)=C/CC1)C2(C)C. The lowest BCUT2D eigenvalue weighted by molar-refractivity contribution is 0.528. The van der Waals surface area contributed by atoms with Crippen LogP contribution in [0.25, 0.3) is 0 Å². The fraction of sp³-hybridized carbons (Fsp3) is 0.733. The zero-order chi connectivity index (χ0) is 11.1. The van der Waals surface area contributed by atoms with E-state index in [0.29, 0.717) is 5.41 Å². The van der Waals surface area contributed by atoms with Gasteiger partial charge >= 0.3 is 0 Å². The number of rotatable bonds is 0. The summed E-state index contributed by atoms with van der Waals surface area (Å²) in [7, 11) is 0. The van der Waals surface area contributed by atoms with E-state index in [4.69, 9.17) is 0 Å². The van der Waals surface area contributed by atoms with Crippen molar-refractivity contribution in [1.82, 2.24) is 0 Å². The van der Waals surface area contributed by atoms with Crippen LogP contribution < -0.4 is 0 Å². The summed E-state index contributed by atoms with van der Waals surface area (Å²) in [6.45, 7) is 9.47. The van der Waals surface area contributed by atoms with Gasteiger partial charge in [0.2, 0.25) is 0 Å². The second-order valence-electron chi connectivity index (χ2n) is 6.09. The van der Waals surface area contributed by atoms with Gasteiger partial charge in [-0.3, -0.25) is 0 Å². The molecule has 1 fully saturated rings. The molecule has 0 amide bonds. The van der Waals surface area contributed by atoms with Gasteiger partial charge in [-0.2, -0.15) is 0 Å². The smallest absolute Gasteiger partial charge is 0.0143 e. The maximum absolute atomic E-state index is 2.55. The molecule has 0 heteroatoms. The highest BCUT2D eigenvalue weighted by Crippen LogP contribution is 2.61. The molecule has 0 N–H and O–H groups in total. The molecule has 0 radical (unpaired) electrons. The standard InChI is InChI=1S/C15H24/c1-11-6-5-7-12(2)10-14-13(9-8-11)15(14,3)4/h6,10,13-14H,5,7-9H2,1-4H3/b11-6+,12-10+/t13-,14+/m0/s1. The minimum Gasteiger partial charge on any atom is -0.0853 e. The van der Waals surface area contributed by atoms with Gasteiger partial charge in [-0.15, -0.1) is 0 Å². The van der Waals surface area contributed by atoms with E-state index >= 15 is 0 Å². The van der Waals surface area contributed by atoms with Gasteiger partial charge in [0.05, 0.1) is 0 Å². The summed E-state index contributed by atoms with van der Waals surface area (Å²) < 4.78 is 0. The highest BCUT2D eigenvalue weighted by molar-refractivity contribution is 5.19. The molecule has 1 saturated carbocycles. The van der Waals surface area contributed by atoms with Crippen molar-refractivity contribution < 1.29 is 0 Å². The molecule has 0 aromatic carbocycles. The van der Waals surface area contributed by atoms with Crippen LogP contribution in [0.2, 0.25) is 0 Å². The molecule has 0 heterocycles. The average Bonchev–Trinajstić information content (AvgIpc) is 2.65. The van der Waals surface area contributed by atoms with E-state index in [-0.39, 0.29) is 0 Å². The van der Waals surface area contributed by atoms with Crippen LogP contribution in [-0.4, -0.2) is 0 Å². The van der Waals surface area contributed by atoms with Gasteiger partial charge < -0.3 is 0 Å². The summed E-state index contributed by atoms with van der Waals surface area (Å²) in [4.78, 5) is 0. The molecule has 2 aliphatic rings. The molecule has 0 bridgehead atoms. The molecule has 0 unspecified atom stereocenters. The highest BCUT2D eigenvalue weighted by Gasteiger charge is 2.55. The van der Waals surface area contributed by atoms with Crippen molar-refractivity contribution in [2.24, 2.45) is 17.3 Å². The van der Waals surface area contributed by atoms with E-state index in [1.54, 1.807) is 11.1 Å². The maximum atomic E-state index is 2.55. The van der Waals surface area contributed by atoms with Crippen molar-refractivity contribution >= 4 is 0 Å². The fourth-order valence-corrected chi connectivity index (χ4v) is 3.09. The van der Waals surface area contributed by atoms with E-state index in [2.05, 4.69) is 39.8 Å². The quantitative estimate of drug-likeness (QED) is 0.501. The third kappa shape index (κ3) is 2.19. The Morgan fingerprint density at radius 1 is 1.13 bits per heavy atom. The third-order valence-corrected chi connectivity index (χ3v) is 4.48. The summed E-state index contributed by atoms with van der Waals surface area (Å²) in [5, 5.41) is 0. The Kier molecular flexibility index (Phi) is 2.79. The normalized spacial score (nSPS) is 41.9. The Bertz CT molecular complexity index is 304. The van der Waals surface area contributed by atoms with Crippen LogP contribution in [0.4, 0.5) is 0 Å². The zero-order valence-corrected chi connectivity index (χ0v) is 10.6. The summed E-state index contributed by atoms with van der Waals surface area (Å²) >= 11 is 0. The van der Waals surface area contributed by atoms with Crippen LogP contribution in [0.5, 0.6) is 0 Å². The molecule has 15 heavy (non-hydrogen) atoms. The van der Waals surface area contributed by atoms with E-state index in [1.807, 2.05) is 0 Å². The predicted molar refractivity (Wildman–Crippen MR) is 66.7 cm³/mol. The summed E-state index contributed by atoms with van der Waals surface area (Å²) in [6, 6.07) is 0. The van der Waals surface area contributed by atoms with Crippen molar-refractivity contribution in [1.29, 1.82) is 0 Å². The third-order valence-electron chi connectivity index (χ3n) is 4.48. The Morgan fingerprint density at radius 2 is 1.87 bits per heavy atom. The zero-order valence-electron chi connectivity index (χ0n) is 10.6. The van der Waals surface area contributed by atoms with E-state index in [1.165, 1.54) is 25.7 Å². The molecule has 2 atom stereocenters. The summed E-state index contributed by atoms with van der Waals surface area (Å²) in [6.07, 6.45) is 10.2. The Balaban J connectivity index is 2.13. The van der Waals surface area contributed by atoms with E-state index in [0.717, 1.165) is 11.8 Å². The lowest BCUT2D eigenvalue weighted by Gasteiger charge is -2.05. The van der Waals surface area contributed by atoms with Crippen molar-refractivity contribution in [2.45, 2.75) is 53.4 Å². The molecular weight excluding hydrogens is 180 g/mol. The van der Waals surface area contributed by atoms with Crippen LogP contribution in [0.15, 0.2) is 23.3 Å². The molecule has 0 saturated heterocycles. The predicted octanol–water partition coefficient (Wildman–Crippen LogP) is 4.73. The molecule has 0 aromatic heterocycles. The van der Waals surface area contributed by atoms with Crippen LogP contribution >= 0.6 is 0 Å². The van der Waals surface area contributed by atoms with Crippen LogP contribution in [0.3, 0.4) is 0 Å². The number of allylic oxidation sites excluding steroid dienone is 4. The molecule has 2 rings (SSSR count). The fourth-order valence-electron chi connectivity index (χ4n) is 3.09. The molecule has 0 spiro atoms. The Hall–Kier alpha value is -0.520. The largest absolute Gasteiger partial charge is 0.0853 e. The number of hydrogen-bond donors (Lipinski definition) is 0. The minimum atomic E-state index is 0.575. The van der Waals surface area contributed by atoms with Crippen LogP contribution in [0, 0.1) is 17.3 Å². The second-order valence-corrected chi connectivity index (χ2v) is 6.09. The van der Waals surface area contributed by atoms with Gasteiger partial charge in [0.1, 0.15) is 0 Å². The van der Waals surface area contributed by atoms with Crippen molar-refractivity contribution in [2.75, 3.05) is 0 Å². The number of hydrogen-bond acceptors (Lipinski definition) is 0. The summed E-state index contributed by atoms with van der Waals surface area (Å²) in [5.41, 5.74) is 3.78. The highest BCUT2D eigenvalue weighted by atomic mass is 14.6. The van der Waals surface area contributed by atoms with Gasteiger partial charge in [0.25, 0.3) is 0 Å². The van der Waals surface area contributed by atoms with Gasteiger partial charge in [0, 0.05) is 0 Å². The molecule has 0 aliphatic heterocycles. The molecule has 0 nitrogen and oxygen atoms in total. The lowest BCUT2D eigenvalue weighted by Crippen LogP contribution is -1.90. The molecular formula is C15H24. The van der Waals surface area contributed by atoms with Gasteiger partial charge in [-0.25, -0.2) is 0 Å². The van der Waals surface area contributed by atoms with Gasteiger partial charge in [-0.1, -0.05) is 37.1 Å². The lowest BCUT2D eigenvalue weighted by atomic mass is 10.0.